The Morgan fingerprint density at radius 1 is 0.641 bits per heavy atom. The summed E-state index contributed by atoms with van der Waals surface area (Å²) in [7, 11) is 0. The van der Waals surface area contributed by atoms with Crippen LogP contribution in [0.4, 0.5) is 0 Å². The van der Waals surface area contributed by atoms with Crippen molar-refractivity contribution in [2.75, 3.05) is 26.2 Å². The van der Waals surface area contributed by atoms with Gasteiger partial charge in [0.25, 0.3) is 0 Å². The van der Waals surface area contributed by atoms with Gasteiger partial charge in [0.15, 0.2) is 17.9 Å². The van der Waals surface area contributed by atoms with Crippen molar-refractivity contribution in [3.63, 3.8) is 0 Å². The first kappa shape index (κ1) is 55.5. The van der Waals surface area contributed by atoms with Crippen molar-refractivity contribution in [1.82, 2.24) is 31.5 Å². The fourth-order valence-electron chi connectivity index (χ4n) is 6.64. The highest BCUT2D eigenvalue weighted by molar-refractivity contribution is 5.98. The Kier molecular flexibility index (Phi) is 24.5. The Labute approximate surface area is 372 Å². The van der Waals surface area contributed by atoms with E-state index in [4.69, 9.17) is 45.9 Å². The maximum atomic E-state index is 14.0. The highest BCUT2D eigenvalue weighted by Gasteiger charge is 2.39. The normalized spacial score (nSPS) is 16.6. The molecule has 0 aromatic carbocycles. The lowest BCUT2D eigenvalue weighted by Gasteiger charge is -2.30. The summed E-state index contributed by atoms with van der Waals surface area (Å²) < 4.78 is 0. The summed E-state index contributed by atoms with van der Waals surface area (Å²) in [6, 6.07) is -8.84. The van der Waals surface area contributed by atoms with E-state index in [1.807, 2.05) is 0 Å². The number of nitrogens with one attached hydrogen (secondary N) is 5. The number of amides is 7. The maximum absolute atomic E-state index is 14.0. The lowest BCUT2D eigenvalue weighted by atomic mass is 9.98. The second kappa shape index (κ2) is 28.3. The largest absolute Gasteiger partial charge is 0.480 e. The van der Waals surface area contributed by atoms with Crippen LogP contribution in [0.2, 0.25) is 0 Å². The minimum Gasteiger partial charge on any atom is -0.480 e. The summed E-state index contributed by atoms with van der Waals surface area (Å²) in [5.74, 6) is -8.61. The molecule has 0 aromatic heterocycles. The molecule has 1 aliphatic heterocycles. The number of rotatable bonds is 29. The summed E-state index contributed by atoms with van der Waals surface area (Å²) in [6.45, 7) is 7.20. The summed E-state index contributed by atoms with van der Waals surface area (Å²) in [5.41, 5.74) is 44.1. The van der Waals surface area contributed by atoms with Crippen molar-refractivity contribution in [3.05, 3.63) is 0 Å². The third-order valence-electron chi connectivity index (χ3n) is 10.3. The van der Waals surface area contributed by atoms with E-state index in [-0.39, 0.29) is 76.2 Å². The van der Waals surface area contributed by atoms with Gasteiger partial charge in [0.2, 0.25) is 41.4 Å². The molecule has 1 aliphatic rings. The number of hydrogen-bond donors (Lipinski definition) is 14. The zero-order valence-electron chi connectivity index (χ0n) is 37.2. The molecule has 26 nitrogen and oxygen atoms in total. The fraction of sp³-hybridized carbons (Fsp3) is 0.711. The number of primary amides is 1. The number of carboxylic acids is 1. The molecule has 7 amide bonds. The number of nitrogens with zero attached hydrogens (tertiary/aromatic N) is 4. The van der Waals surface area contributed by atoms with Gasteiger partial charge in [-0.25, -0.2) is 4.79 Å². The molecule has 1 rings (SSSR count). The zero-order valence-corrected chi connectivity index (χ0v) is 37.2. The van der Waals surface area contributed by atoms with Crippen molar-refractivity contribution < 1.29 is 43.5 Å². The number of carboxylic acid groups (broad SMARTS) is 1. The van der Waals surface area contributed by atoms with Crippen LogP contribution in [0.1, 0.15) is 91.9 Å². The number of carbonyl (C=O) groups excluding carboxylic acids is 7. The van der Waals surface area contributed by atoms with E-state index in [2.05, 4.69) is 41.6 Å². The highest BCUT2D eigenvalue weighted by Crippen LogP contribution is 2.20. The third-order valence-corrected chi connectivity index (χ3v) is 10.3. The second-order valence-corrected chi connectivity index (χ2v) is 15.9. The van der Waals surface area contributed by atoms with Crippen molar-refractivity contribution in [3.8, 4) is 0 Å². The zero-order chi connectivity index (χ0) is 48.7. The van der Waals surface area contributed by atoms with Crippen LogP contribution < -0.4 is 72.5 Å². The van der Waals surface area contributed by atoms with Gasteiger partial charge in [0.05, 0.1) is 12.5 Å². The average molecular weight is 910 g/mol. The van der Waals surface area contributed by atoms with Gasteiger partial charge in [-0.1, -0.05) is 34.1 Å². The maximum Gasteiger partial charge on any atom is 0.326 e. The molecule has 1 heterocycles. The van der Waals surface area contributed by atoms with Crippen molar-refractivity contribution >= 4 is 65.2 Å². The summed E-state index contributed by atoms with van der Waals surface area (Å²) in [6.07, 6.45) is 1.38. The molecule has 0 spiro atoms. The van der Waals surface area contributed by atoms with Gasteiger partial charge in [0.1, 0.15) is 36.3 Å². The van der Waals surface area contributed by atoms with Crippen molar-refractivity contribution in [1.29, 1.82) is 0 Å². The van der Waals surface area contributed by atoms with Crippen LogP contribution in [0, 0.1) is 11.8 Å². The van der Waals surface area contributed by atoms with Gasteiger partial charge in [-0.3, -0.25) is 48.5 Å². The molecule has 22 N–H and O–H groups in total. The number of aliphatic carboxylic acids is 1. The van der Waals surface area contributed by atoms with Crippen LogP contribution in [0.5, 0.6) is 0 Å². The van der Waals surface area contributed by atoms with Crippen LogP contribution in [0.3, 0.4) is 0 Å². The third kappa shape index (κ3) is 20.1. The van der Waals surface area contributed by atoms with Crippen LogP contribution >= 0.6 is 0 Å². The Morgan fingerprint density at radius 3 is 1.56 bits per heavy atom. The van der Waals surface area contributed by atoms with E-state index in [1.54, 1.807) is 27.7 Å². The van der Waals surface area contributed by atoms with E-state index in [1.165, 1.54) is 4.90 Å². The number of carbonyl (C=O) groups is 8. The molecule has 1 fully saturated rings. The molecule has 1 saturated heterocycles. The number of likely N-dealkylation sites (tertiary alicyclic amines) is 1. The molecule has 0 aliphatic carbocycles. The lowest BCUT2D eigenvalue weighted by Crippen LogP contribution is -2.61. The molecule has 26 heteroatoms. The van der Waals surface area contributed by atoms with E-state index in [9.17, 15) is 43.5 Å². The predicted octanol–water partition coefficient (Wildman–Crippen LogP) is -5.45. The molecule has 64 heavy (non-hydrogen) atoms. The van der Waals surface area contributed by atoms with Crippen LogP contribution in [-0.2, 0) is 38.4 Å². The fourth-order valence-corrected chi connectivity index (χ4v) is 6.64. The van der Waals surface area contributed by atoms with Crippen molar-refractivity contribution in [2.45, 2.75) is 134 Å². The highest BCUT2D eigenvalue weighted by atomic mass is 16.4. The van der Waals surface area contributed by atoms with E-state index < -0.39 is 108 Å². The van der Waals surface area contributed by atoms with Gasteiger partial charge in [-0.2, -0.15) is 0 Å². The van der Waals surface area contributed by atoms with Crippen LogP contribution in [0.25, 0.3) is 0 Å². The number of guanidine groups is 3. The van der Waals surface area contributed by atoms with Gasteiger partial charge < -0.3 is 82.5 Å². The van der Waals surface area contributed by atoms with Crippen molar-refractivity contribution in [2.24, 2.45) is 72.7 Å². The SMILES string of the molecule is CC[C@H](C)[C@H](NC(=O)[C@H](CC(N)=O)NC(=O)[C@H](CCCN=C(N)N)NC(=O)[C@@H](NC(=O)[C@H](CCCN=C(N)N)NC(=O)[C@@H]1CCCN1C(=O)[C@@H](N)CCCN=C(N)N)C(C)C)C(=O)O. The number of nitrogens with two attached hydrogens (primary N) is 8. The Hall–Kier alpha value is -6.47. The summed E-state index contributed by atoms with van der Waals surface area (Å²) in [4.78, 5) is 119. The van der Waals surface area contributed by atoms with Crippen LogP contribution in [0.15, 0.2) is 15.0 Å². The molecule has 0 aromatic rings. The first-order valence-corrected chi connectivity index (χ1v) is 21.3. The second-order valence-electron chi connectivity index (χ2n) is 15.9. The molecular weight excluding hydrogens is 839 g/mol. The van der Waals surface area contributed by atoms with E-state index >= 15 is 0 Å². The quantitative estimate of drug-likeness (QED) is 0.0189. The molecule has 362 valence electrons. The lowest BCUT2D eigenvalue weighted by molar-refractivity contribution is -0.144. The summed E-state index contributed by atoms with van der Waals surface area (Å²) >= 11 is 0. The molecule has 0 radical (unpaired) electrons. The smallest absolute Gasteiger partial charge is 0.326 e. The molecule has 0 saturated carbocycles. The predicted molar refractivity (Wildman–Crippen MR) is 238 cm³/mol. The first-order valence-electron chi connectivity index (χ1n) is 21.3. The molecule has 0 unspecified atom stereocenters. The van der Waals surface area contributed by atoms with E-state index in [0.29, 0.717) is 25.7 Å². The standard InChI is InChI=1S/C38H71N17O9/c1-5-20(4)28(35(63)64)54-31(59)24(18-26(40)56)52-29(57)22(11-7-15-48-37(43)44)51-33(61)27(19(2)3)53-30(58)23(12-8-16-49-38(45)46)50-32(60)25-13-9-17-55(25)34(62)21(39)10-6-14-47-36(41)42/h19-25,27-28H,5-18,39H2,1-4H3,(H2,40,56)(H,50,60)(H,51,61)(H,52,57)(H,53,58)(H,54,59)(H,63,64)(H4,41,42,47)(H4,43,44,48)(H4,45,46,49)/t20-,21-,22-,23-,24-,25-,27-,28-/m0/s1. The number of hydrogen-bond acceptors (Lipinski definition) is 12. The van der Waals surface area contributed by atoms with Gasteiger partial charge >= 0.3 is 5.97 Å². The van der Waals surface area contributed by atoms with Gasteiger partial charge in [-0.15, -0.1) is 0 Å². The first-order chi connectivity index (χ1) is 30.0. The average Bonchev–Trinajstić information content (AvgIpc) is 3.71. The Morgan fingerprint density at radius 2 is 1.09 bits per heavy atom. The summed E-state index contributed by atoms with van der Waals surface area (Å²) in [5, 5.41) is 22.4. The Balaban J connectivity index is 3.38. The van der Waals surface area contributed by atoms with Gasteiger partial charge in [-0.05, 0) is 63.2 Å². The molecule has 8 atom stereocenters. The molecule has 0 bridgehead atoms. The van der Waals surface area contributed by atoms with Gasteiger partial charge in [0, 0.05) is 26.2 Å². The van der Waals surface area contributed by atoms with E-state index in [0.717, 1.165) is 0 Å². The minimum absolute atomic E-state index is 0.00463. The Bertz CT molecular complexity index is 1700. The topological polar surface area (TPSA) is 465 Å². The minimum atomic E-state index is -1.63. The monoisotopic (exact) mass is 910 g/mol. The van der Waals surface area contributed by atoms with Crippen LogP contribution in [-0.4, -0.2) is 144 Å². The number of aliphatic imine (C=N–C) groups is 3. The molecular formula is C38H71N17O9.